The first-order valence-electron chi connectivity index (χ1n) is 9.37. The molecule has 3 atom stereocenters. The van der Waals surface area contributed by atoms with E-state index < -0.39 is 0 Å². The van der Waals surface area contributed by atoms with Crippen molar-refractivity contribution in [1.29, 1.82) is 0 Å². The van der Waals surface area contributed by atoms with Crippen molar-refractivity contribution >= 4 is 17.7 Å². The molecule has 3 N–H and O–H groups in total. The fourth-order valence-corrected chi connectivity index (χ4v) is 5.10. The first-order chi connectivity index (χ1) is 11.6. The second-order valence-corrected chi connectivity index (χ2v) is 8.77. The number of carbonyl (C=O) groups is 1. The number of carbonyl (C=O) groups excluding carboxylic acids is 1. The van der Waals surface area contributed by atoms with Gasteiger partial charge in [-0.25, -0.2) is 0 Å². The molecule has 0 radical (unpaired) electrons. The SMILES string of the molecule is CCSc1ccc(C(C)NC(=O)C2CC3CCCC(C2)C3N)cc1. The van der Waals surface area contributed by atoms with Crippen molar-refractivity contribution in [3.05, 3.63) is 29.8 Å². The lowest BCUT2D eigenvalue weighted by Crippen LogP contribution is -2.49. The Balaban J connectivity index is 1.58. The number of hydrogen-bond acceptors (Lipinski definition) is 3. The zero-order valence-electron chi connectivity index (χ0n) is 14.8. The second kappa shape index (κ2) is 7.92. The minimum Gasteiger partial charge on any atom is -0.349 e. The normalized spacial score (nSPS) is 30.6. The van der Waals surface area contributed by atoms with Gasteiger partial charge in [-0.15, -0.1) is 11.8 Å². The quantitative estimate of drug-likeness (QED) is 0.788. The number of rotatable bonds is 5. The fourth-order valence-electron chi connectivity index (χ4n) is 4.44. The average Bonchev–Trinajstić information content (AvgIpc) is 2.55. The van der Waals surface area contributed by atoms with Gasteiger partial charge in [-0.1, -0.05) is 25.5 Å². The second-order valence-electron chi connectivity index (χ2n) is 7.43. The van der Waals surface area contributed by atoms with Gasteiger partial charge in [-0.2, -0.15) is 0 Å². The molecule has 3 rings (SSSR count). The van der Waals surface area contributed by atoms with Crippen LogP contribution in [0.2, 0.25) is 0 Å². The highest BCUT2D eigenvalue weighted by molar-refractivity contribution is 7.99. The lowest BCUT2D eigenvalue weighted by molar-refractivity contribution is -0.128. The Morgan fingerprint density at radius 1 is 1.25 bits per heavy atom. The van der Waals surface area contributed by atoms with E-state index in [0.29, 0.717) is 17.9 Å². The number of fused-ring (bicyclic) bond motifs is 2. The molecular formula is C20H30N2OS. The van der Waals surface area contributed by atoms with Gasteiger partial charge >= 0.3 is 0 Å². The van der Waals surface area contributed by atoms with E-state index in [1.807, 2.05) is 11.8 Å². The lowest BCUT2D eigenvalue weighted by Gasteiger charge is -2.43. The van der Waals surface area contributed by atoms with E-state index in [1.165, 1.54) is 29.7 Å². The maximum atomic E-state index is 12.7. The van der Waals surface area contributed by atoms with Crippen LogP contribution in [0.25, 0.3) is 0 Å². The summed E-state index contributed by atoms with van der Waals surface area (Å²) in [7, 11) is 0. The van der Waals surface area contributed by atoms with Gasteiger partial charge in [0.1, 0.15) is 0 Å². The van der Waals surface area contributed by atoms with E-state index in [4.69, 9.17) is 5.73 Å². The molecule has 0 heterocycles. The minimum absolute atomic E-state index is 0.0635. The van der Waals surface area contributed by atoms with Gasteiger partial charge in [0, 0.05) is 16.9 Å². The molecule has 2 aliphatic rings. The van der Waals surface area contributed by atoms with Gasteiger partial charge in [0.25, 0.3) is 0 Å². The molecule has 2 bridgehead atoms. The summed E-state index contributed by atoms with van der Waals surface area (Å²) in [5, 5.41) is 3.23. The molecule has 2 saturated carbocycles. The third-order valence-corrected chi connectivity index (χ3v) is 6.73. The van der Waals surface area contributed by atoms with Crippen molar-refractivity contribution in [1.82, 2.24) is 5.32 Å². The van der Waals surface area contributed by atoms with Gasteiger partial charge in [-0.05, 0) is 67.9 Å². The van der Waals surface area contributed by atoms with E-state index in [-0.39, 0.29) is 17.9 Å². The number of nitrogens with one attached hydrogen (secondary N) is 1. The molecule has 1 amide bonds. The van der Waals surface area contributed by atoms with Crippen LogP contribution in [0.1, 0.15) is 57.6 Å². The number of hydrogen-bond donors (Lipinski definition) is 2. The molecule has 24 heavy (non-hydrogen) atoms. The lowest BCUT2D eigenvalue weighted by atomic mass is 9.65. The van der Waals surface area contributed by atoms with Crippen LogP contribution in [-0.2, 0) is 4.79 Å². The van der Waals surface area contributed by atoms with Crippen molar-refractivity contribution in [2.75, 3.05) is 5.75 Å². The maximum absolute atomic E-state index is 12.7. The Labute approximate surface area is 150 Å². The minimum atomic E-state index is 0.0635. The molecule has 1 aromatic carbocycles. The van der Waals surface area contributed by atoms with E-state index in [1.54, 1.807) is 0 Å². The third-order valence-electron chi connectivity index (χ3n) is 5.83. The highest BCUT2D eigenvalue weighted by Gasteiger charge is 2.40. The molecular weight excluding hydrogens is 316 g/mol. The molecule has 0 saturated heterocycles. The van der Waals surface area contributed by atoms with Crippen LogP contribution in [0.5, 0.6) is 0 Å². The van der Waals surface area contributed by atoms with Crippen LogP contribution in [0.4, 0.5) is 0 Å². The van der Waals surface area contributed by atoms with Crippen LogP contribution in [0.3, 0.4) is 0 Å². The Morgan fingerprint density at radius 3 is 2.46 bits per heavy atom. The number of nitrogens with two attached hydrogens (primary N) is 1. The first kappa shape index (κ1) is 17.8. The topological polar surface area (TPSA) is 55.1 Å². The molecule has 0 spiro atoms. The number of amides is 1. The van der Waals surface area contributed by atoms with E-state index in [9.17, 15) is 4.79 Å². The summed E-state index contributed by atoms with van der Waals surface area (Å²) in [5.41, 5.74) is 7.52. The van der Waals surface area contributed by atoms with E-state index >= 15 is 0 Å². The summed E-state index contributed by atoms with van der Waals surface area (Å²) in [4.78, 5) is 14.0. The van der Waals surface area contributed by atoms with E-state index in [2.05, 4.69) is 43.4 Å². The predicted octanol–water partition coefficient (Wildman–Crippen LogP) is 4.13. The van der Waals surface area contributed by atoms with Crippen LogP contribution in [0, 0.1) is 17.8 Å². The third kappa shape index (κ3) is 3.97. The molecule has 2 aliphatic carbocycles. The predicted molar refractivity (Wildman–Crippen MR) is 101 cm³/mol. The summed E-state index contributed by atoms with van der Waals surface area (Å²) >= 11 is 1.84. The molecule has 1 aromatic rings. The van der Waals surface area contributed by atoms with Gasteiger partial charge in [0.05, 0.1) is 6.04 Å². The van der Waals surface area contributed by atoms with Crippen molar-refractivity contribution in [2.45, 2.75) is 62.9 Å². The van der Waals surface area contributed by atoms with Crippen molar-refractivity contribution in [2.24, 2.45) is 23.5 Å². The molecule has 0 aromatic heterocycles. The summed E-state index contributed by atoms with van der Waals surface area (Å²) < 4.78 is 0. The first-order valence-corrected chi connectivity index (χ1v) is 10.4. The summed E-state index contributed by atoms with van der Waals surface area (Å²) in [6.45, 7) is 4.24. The molecule has 2 fully saturated rings. The van der Waals surface area contributed by atoms with Crippen molar-refractivity contribution in [3.8, 4) is 0 Å². The van der Waals surface area contributed by atoms with Crippen molar-refractivity contribution in [3.63, 3.8) is 0 Å². The van der Waals surface area contributed by atoms with Crippen LogP contribution in [0.15, 0.2) is 29.2 Å². The zero-order chi connectivity index (χ0) is 17.1. The molecule has 3 nitrogen and oxygen atoms in total. The largest absolute Gasteiger partial charge is 0.349 e. The monoisotopic (exact) mass is 346 g/mol. The smallest absolute Gasteiger partial charge is 0.223 e. The molecule has 0 aliphatic heterocycles. The molecule has 3 unspecified atom stereocenters. The molecule has 132 valence electrons. The summed E-state index contributed by atoms with van der Waals surface area (Å²) in [6, 6.07) is 8.95. The Hall–Kier alpha value is -1.00. The van der Waals surface area contributed by atoms with Gasteiger partial charge in [-0.3, -0.25) is 4.79 Å². The Morgan fingerprint density at radius 2 is 1.88 bits per heavy atom. The van der Waals surface area contributed by atoms with Crippen LogP contribution in [-0.4, -0.2) is 17.7 Å². The van der Waals surface area contributed by atoms with Crippen molar-refractivity contribution < 1.29 is 4.79 Å². The van der Waals surface area contributed by atoms with Gasteiger partial charge in [0.2, 0.25) is 5.91 Å². The number of benzene rings is 1. The highest BCUT2D eigenvalue weighted by Crippen LogP contribution is 2.42. The number of thioether (sulfide) groups is 1. The standard InChI is InChI=1S/C20H30N2OS/c1-3-24-18-9-7-14(8-10-18)13(2)22-20(23)17-11-15-5-4-6-16(12-17)19(15)21/h7-10,13,15-17,19H,3-6,11-12,21H2,1-2H3,(H,22,23). The maximum Gasteiger partial charge on any atom is 0.223 e. The zero-order valence-corrected chi connectivity index (χ0v) is 15.6. The van der Waals surface area contributed by atoms with Gasteiger partial charge < -0.3 is 11.1 Å². The Bertz CT molecular complexity index is 545. The summed E-state index contributed by atoms with van der Waals surface area (Å²) in [5.74, 6) is 2.55. The van der Waals surface area contributed by atoms with Crippen LogP contribution >= 0.6 is 11.8 Å². The summed E-state index contributed by atoms with van der Waals surface area (Å²) in [6.07, 6.45) is 5.64. The average molecular weight is 347 g/mol. The highest BCUT2D eigenvalue weighted by atomic mass is 32.2. The Kier molecular flexibility index (Phi) is 5.88. The fraction of sp³-hybridized carbons (Fsp3) is 0.650. The van der Waals surface area contributed by atoms with Gasteiger partial charge in [0.15, 0.2) is 0 Å². The van der Waals surface area contributed by atoms with Crippen LogP contribution < -0.4 is 11.1 Å². The van der Waals surface area contributed by atoms with E-state index in [0.717, 1.165) is 18.6 Å². The molecule has 4 heteroatoms.